The van der Waals surface area contributed by atoms with E-state index in [4.69, 9.17) is 4.74 Å². The molecule has 7 nitrogen and oxygen atoms in total. The number of hydrogen-bond donors (Lipinski definition) is 2. The van der Waals surface area contributed by atoms with Gasteiger partial charge in [0.05, 0.1) is 6.61 Å². The fourth-order valence-corrected chi connectivity index (χ4v) is 5.13. The van der Waals surface area contributed by atoms with Crippen molar-refractivity contribution < 1.29 is 17.9 Å². The van der Waals surface area contributed by atoms with Gasteiger partial charge in [-0.05, 0) is 59.0 Å². The van der Waals surface area contributed by atoms with Gasteiger partial charge in [0.2, 0.25) is 10.0 Å². The van der Waals surface area contributed by atoms with Gasteiger partial charge in [-0.3, -0.25) is 0 Å². The average Bonchev–Trinajstić information content (AvgIpc) is 2.87. The summed E-state index contributed by atoms with van der Waals surface area (Å²) in [5.74, 6) is 0.0927. The number of aromatic amines is 1. The summed E-state index contributed by atoms with van der Waals surface area (Å²) in [7, 11) is -3.78. The molecule has 0 bridgehead atoms. The second kappa shape index (κ2) is 9.01. The number of esters is 1. The van der Waals surface area contributed by atoms with Crippen molar-refractivity contribution in [3.8, 4) is 0 Å². The number of hydrogen-bond acceptors (Lipinski definition) is 5. The van der Waals surface area contributed by atoms with Crippen LogP contribution in [0.15, 0.2) is 4.90 Å². The van der Waals surface area contributed by atoms with Crippen LogP contribution in [-0.2, 0) is 14.8 Å². The van der Waals surface area contributed by atoms with Crippen LogP contribution in [0.3, 0.4) is 0 Å². The second-order valence-corrected chi connectivity index (χ2v) is 8.80. The maximum absolute atomic E-state index is 12.7. The zero-order chi connectivity index (χ0) is 19.3. The highest BCUT2D eigenvalue weighted by Crippen LogP contribution is 2.24. The Morgan fingerprint density at radius 3 is 2.73 bits per heavy atom. The van der Waals surface area contributed by atoms with Crippen LogP contribution in [0.2, 0.25) is 0 Å². The van der Waals surface area contributed by atoms with Gasteiger partial charge >= 0.3 is 5.97 Å². The molecule has 0 aliphatic carbocycles. The minimum atomic E-state index is -3.78. The number of nitrogens with zero attached hydrogens (tertiary/aromatic N) is 1. The molecule has 1 saturated heterocycles. The predicted octanol–water partition coefficient (Wildman–Crippen LogP) is 2.21. The van der Waals surface area contributed by atoms with Crippen molar-refractivity contribution in [1.29, 1.82) is 0 Å². The summed E-state index contributed by atoms with van der Waals surface area (Å²) in [6.45, 7) is 10.9. The molecule has 1 aliphatic heterocycles. The molecule has 8 heteroatoms. The topological polar surface area (TPSA) is 91.5 Å². The third-order valence-corrected chi connectivity index (χ3v) is 6.38. The molecule has 2 rings (SSSR count). The number of rotatable bonds is 8. The van der Waals surface area contributed by atoms with Gasteiger partial charge in [0.25, 0.3) is 0 Å². The Bertz CT molecular complexity index is 727. The normalized spacial score (nSPS) is 18.8. The van der Waals surface area contributed by atoms with E-state index in [0.29, 0.717) is 23.9 Å². The van der Waals surface area contributed by atoms with Gasteiger partial charge in [-0.15, -0.1) is 0 Å². The number of H-pyrrole nitrogens is 1. The highest BCUT2D eigenvalue weighted by atomic mass is 32.2. The number of piperidine rings is 1. The fourth-order valence-electron chi connectivity index (χ4n) is 3.61. The number of ether oxygens (including phenoxy) is 1. The summed E-state index contributed by atoms with van der Waals surface area (Å²) >= 11 is 0. The summed E-state index contributed by atoms with van der Waals surface area (Å²) < 4.78 is 33.1. The summed E-state index contributed by atoms with van der Waals surface area (Å²) in [5.41, 5.74) is 1.05. The standard InChI is InChI=1S/C18H31N3O4S/c1-5-25-18(22)16-14(3)20-15(4)17(16)26(23,24)19-9-7-11-21-10-6-8-13(2)12-21/h13,19-20H,5-12H2,1-4H3/t13-/m0/s1. The van der Waals surface area contributed by atoms with Gasteiger partial charge in [-0.25, -0.2) is 17.9 Å². The minimum Gasteiger partial charge on any atom is -0.462 e. The van der Waals surface area contributed by atoms with E-state index in [2.05, 4.69) is 21.5 Å². The number of aryl methyl sites for hydroxylation is 2. The lowest BCUT2D eigenvalue weighted by Gasteiger charge is -2.30. The van der Waals surface area contributed by atoms with Crippen molar-refractivity contribution in [3.05, 3.63) is 17.0 Å². The molecular formula is C18H31N3O4S. The Morgan fingerprint density at radius 2 is 2.08 bits per heavy atom. The molecule has 1 atom stereocenters. The summed E-state index contributed by atoms with van der Waals surface area (Å²) in [5, 5.41) is 0. The number of likely N-dealkylation sites (tertiary alicyclic amines) is 1. The first-order valence-electron chi connectivity index (χ1n) is 9.34. The molecule has 1 aliphatic rings. The lowest BCUT2D eigenvalue weighted by molar-refractivity contribution is 0.0521. The van der Waals surface area contributed by atoms with Crippen LogP contribution < -0.4 is 4.72 Å². The van der Waals surface area contributed by atoms with E-state index in [-0.39, 0.29) is 17.1 Å². The zero-order valence-electron chi connectivity index (χ0n) is 16.2. The third kappa shape index (κ3) is 5.08. The van der Waals surface area contributed by atoms with Crippen molar-refractivity contribution in [1.82, 2.24) is 14.6 Å². The number of aromatic nitrogens is 1. The van der Waals surface area contributed by atoms with Gasteiger partial charge in [-0.1, -0.05) is 6.92 Å². The molecule has 2 N–H and O–H groups in total. The van der Waals surface area contributed by atoms with Crippen LogP contribution >= 0.6 is 0 Å². The molecule has 0 saturated carbocycles. The first-order chi connectivity index (χ1) is 12.3. The smallest absolute Gasteiger partial charge is 0.341 e. The molecule has 0 unspecified atom stereocenters. The average molecular weight is 386 g/mol. The molecule has 2 heterocycles. The molecule has 26 heavy (non-hydrogen) atoms. The summed E-state index contributed by atoms with van der Waals surface area (Å²) in [6.07, 6.45) is 3.21. The molecule has 148 valence electrons. The molecule has 1 aromatic rings. The zero-order valence-corrected chi connectivity index (χ0v) is 17.0. The van der Waals surface area contributed by atoms with Gasteiger partial charge in [0, 0.05) is 24.5 Å². The lowest BCUT2D eigenvalue weighted by atomic mass is 10.0. The first kappa shape index (κ1) is 20.9. The van der Waals surface area contributed by atoms with Gasteiger partial charge < -0.3 is 14.6 Å². The van der Waals surface area contributed by atoms with E-state index in [1.165, 1.54) is 12.8 Å². The minimum absolute atomic E-state index is 0.0000414. The number of sulfonamides is 1. The van der Waals surface area contributed by atoms with E-state index in [9.17, 15) is 13.2 Å². The number of nitrogens with one attached hydrogen (secondary N) is 2. The van der Waals surface area contributed by atoms with E-state index in [1.54, 1.807) is 20.8 Å². The molecule has 1 aromatic heterocycles. The number of carbonyl (C=O) groups excluding carboxylic acids is 1. The van der Waals surface area contributed by atoms with Crippen LogP contribution in [0.1, 0.15) is 54.9 Å². The lowest BCUT2D eigenvalue weighted by Crippen LogP contribution is -2.36. The predicted molar refractivity (Wildman–Crippen MR) is 101 cm³/mol. The van der Waals surface area contributed by atoms with Crippen LogP contribution in [0.5, 0.6) is 0 Å². The van der Waals surface area contributed by atoms with E-state index in [0.717, 1.165) is 26.1 Å². The largest absolute Gasteiger partial charge is 0.462 e. The molecule has 0 radical (unpaired) electrons. The molecule has 0 aromatic carbocycles. The van der Waals surface area contributed by atoms with Crippen molar-refractivity contribution in [2.75, 3.05) is 32.8 Å². The van der Waals surface area contributed by atoms with Crippen molar-refractivity contribution in [2.24, 2.45) is 5.92 Å². The van der Waals surface area contributed by atoms with Gasteiger partial charge in [-0.2, -0.15) is 0 Å². The van der Waals surface area contributed by atoms with Crippen molar-refractivity contribution >= 4 is 16.0 Å². The Balaban J connectivity index is 2.00. The van der Waals surface area contributed by atoms with Crippen LogP contribution in [0.25, 0.3) is 0 Å². The van der Waals surface area contributed by atoms with E-state index in [1.807, 2.05) is 0 Å². The molecule has 0 amide bonds. The summed E-state index contributed by atoms with van der Waals surface area (Å²) in [6, 6.07) is 0. The Labute approximate surface area is 156 Å². The van der Waals surface area contributed by atoms with Gasteiger partial charge in [0.15, 0.2) is 0 Å². The second-order valence-electron chi connectivity index (χ2n) is 7.10. The van der Waals surface area contributed by atoms with E-state index >= 15 is 0 Å². The summed E-state index contributed by atoms with van der Waals surface area (Å²) in [4.78, 5) is 17.5. The van der Waals surface area contributed by atoms with Crippen molar-refractivity contribution in [3.63, 3.8) is 0 Å². The highest BCUT2D eigenvalue weighted by molar-refractivity contribution is 7.89. The third-order valence-electron chi connectivity index (χ3n) is 4.75. The van der Waals surface area contributed by atoms with Crippen LogP contribution in [0.4, 0.5) is 0 Å². The van der Waals surface area contributed by atoms with E-state index < -0.39 is 16.0 Å². The first-order valence-corrected chi connectivity index (χ1v) is 10.8. The van der Waals surface area contributed by atoms with Gasteiger partial charge in [0.1, 0.15) is 10.5 Å². The Kier molecular flexibility index (Phi) is 7.25. The molecule has 1 fully saturated rings. The Morgan fingerprint density at radius 1 is 1.35 bits per heavy atom. The Hall–Kier alpha value is -1.38. The number of carbonyl (C=O) groups is 1. The maximum atomic E-state index is 12.7. The highest BCUT2D eigenvalue weighted by Gasteiger charge is 2.29. The SMILES string of the molecule is CCOC(=O)c1c(C)[nH]c(C)c1S(=O)(=O)NCCCN1CCC[C@H](C)C1. The fraction of sp³-hybridized carbons (Fsp3) is 0.722. The maximum Gasteiger partial charge on any atom is 0.341 e. The van der Waals surface area contributed by atoms with Crippen LogP contribution in [-0.4, -0.2) is 57.1 Å². The van der Waals surface area contributed by atoms with Crippen LogP contribution in [0, 0.1) is 19.8 Å². The monoisotopic (exact) mass is 385 g/mol. The molecular weight excluding hydrogens is 354 g/mol. The quantitative estimate of drug-likeness (QED) is 0.529. The molecule has 0 spiro atoms. The van der Waals surface area contributed by atoms with Crippen molar-refractivity contribution in [2.45, 2.75) is 51.9 Å².